The molecule has 1 aromatic heterocycles. The molecule has 68 valence electrons. The van der Waals surface area contributed by atoms with E-state index in [0.29, 0.717) is 5.41 Å². The molecule has 0 N–H and O–H groups in total. The first-order valence-electron chi connectivity index (χ1n) is 4.44. The van der Waals surface area contributed by atoms with Crippen LogP contribution in [0.4, 0.5) is 0 Å². The third-order valence-corrected chi connectivity index (χ3v) is 3.22. The minimum atomic E-state index is 0.407. The molecule has 2 heteroatoms. The minimum Gasteiger partial charge on any atom is -0.247 e. The molecule has 0 amide bonds. The Kier molecular flexibility index (Phi) is 2.89. The number of thiazole rings is 1. The first kappa shape index (κ1) is 9.72. The van der Waals surface area contributed by atoms with E-state index in [-0.39, 0.29) is 0 Å². The van der Waals surface area contributed by atoms with Gasteiger partial charge in [0, 0.05) is 17.5 Å². The monoisotopic (exact) mass is 183 g/mol. The van der Waals surface area contributed by atoms with Gasteiger partial charge in [0.1, 0.15) is 0 Å². The Labute approximate surface area is 78.8 Å². The summed E-state index contributed by atoms with van der Waals surface area (Å²) in [4.78, 5) is 4.46. The third kappa shape index (κ3) is 2.59. The fourth-order valence-corrected chi connectivity index (χ4v) is 2.05. The van der Waals surface area contributed by atoms with Crippen LogP contribution in [0.2, 0.25) is 0 Å². The van der Waals surface area contributed by atoms with E-state index in [1.54, 1.807) is 11.3 Å². The van der Waals surface area contributed by atoms with Crippen molar-refractivity contribution in [1.29, 1.82) is 0 Å². The average molecular weight is 183 g/mol. The van der Waals surface area contributed by atoms with Crippen molar-refractivity contribution in [2.75, 3.05) is 0 Å². The molecule has 0 bridgehead atoms. The summed E-state index contributed by atoms with van der Waals surface area (Å²) in [5.74, 6) is 0. The molecule has 0 aliphatic heterocycles. The highest BCUT2D eigenvalue weighted by atomic mass is 32.1. The summed E-state index contributed by atoms with van der Waals surface area (Å²) in [5, 5.41) is 3.40. The van der Waals surface area contributed by atoms with E-state index in [4.69, 9.17) is 0 Å². The maximum atomic E-state index is 4.46. The molecule has 0 aliphatic carbocycles. The van der Waals surface area contributed by atoms with E-state index in [1.165, 1.54) is 11.4 Å². The molecule has 1 aromatic rings. The third-order valence-electron chi connectivity index (χ3n) is 2.25. The quantitative estimate of drug-likeness (QED) is 0.699. The molecule has 1 nitrogen and oxygen atoms in total. The minimum absolute atomic E-state index is 0.407. The molecule has 12 heavy (non-hydrogen) atoms. The van der Waals surface area contributed by atoms with Crippen LogP contribution in [0.25, 0.3) is 0 Å². The van der Waals surface area contributed by atoms with E-state index in [2.05, 4.69) is 38.1 Å². The summed E-state index contributed by atoms with van der Waals surface area (Å²) in [7, 11) is 0. The van der Waals surface area contributed by atoms with Crippen LogP contribution in [-0.4, -0.2) is 4.98 Å². The number of nitrogens with zero attached hydrogens (tertiary/aromatic N) is 1. The van der Waals surface area contributed by atoms with Crippen LogP contribution in [0.5, 0.6) is 0 Å². The topological polar surface area (TPSA) is 12.9 Å². The van der Waals surface area contributed by atoms with Gasteiger partial charge in [-0.3, -0.25) is 0 Å². The Balaban J connectivity index is 2.63. The zero-order valence-corrected chi connectivity index (χ0v) is 9.16. The number of aryl methyl sites for hydroxylation is 1. The molecule has 0 fully saturated rings. The second kappa shape index (κ2) is 3.56. The summed E-state index contributed by atoms with van der Waals surface area (Å²) in [6.45, 7) is 8.88. The summed E-state index contributed by atoms with van der Waals surface area (Å²) in [6, 6.07) is 0. The summed E-state index contributed by atoms with van der Waals surface area (Å²) in [5.41, 5.74) is 1.56. The molecule has 0 radical (unpaired) electrons. The zero-order valence-electron chi connectivity index (χ0n) is 8.35. The van der Waals surface area contributed by atoms with Gasteiger partial charge >= 0.3 is 0 Å². The highest BCUT2D eigenvalue weighted by Crippen LogP contribution is 2.26. The Morgan fingerprint density at radius 3 is 2.58 bits per heavy atom. The van der Waals surface area contributed by atoms with E-state index < -0.39 is 0 Å². The highest BCUT2D eigenvalue weighted by Gasteiger charge is 2.17. The van der Waals surface area contributed by atoms with Gasteiger partial charge in [-0.1, -0.05) is 27.2 Å². The van der Waals surface area contributed by atoms with Crippen LogP contribution in [0, 0.1) is 12.3 Å². The molecular weight excluding hydrogens is 166 g/mol. The second-order valence-electron chi connectivity index (χ2n) is 4.08. The van der Waals surface area contributed by atoms with Crippen molar-refractivity contribution >= 4 is 11.3 Å². The van der Waals surface area contributed by atoms with Crippen LogP contribution in [-0.2, 0) is 6.42 Å². The van der Waals surface area contributed by atoms with E-state index in [0.717, 1.165) is 12.1 Å². The van der Waals surface area contributed by atoms with Crippen LogP contribution in [0.1, 0.15) is 37.9 Å². The number of hydrogen-bond acceptors (Lipinski definition) is 2. The lowest BCUT2D eigenvalue weighted by Crippen LogP contribution is -2.12. The van der Waals surface area contributed by atoms with Crippen LogP contribution >= 0.6 is 11.3 Å². The van der Waals surface area contributed by atoms with Gasteiger partial charge in [-0.05, 0) is 12.3 Å². The van der Waals surface area contributed by atoms with E-state index in [9.17, 15) is 0 Å². The smallest absolute Gasteiger partial charge is 0.0933 e. The van der Waals surface area contributed by atoms with Gasteiger partial charge in [-0.2, -0.15) is 0 Å². The number of aromatic nitrogens is 1. The van der Waals surface area contributed by atoms with E-state index >= 15 is 0 Å². The van der Waals surface area contributed by atoms with Crippen LogP contribution in [0.15, 0.2) is 5.38 Å². The molecule has 0 aliphatic rings. The highest BCUT2D eigenvalue weighted by molar-refractivity contribution is 7.09. The Morgan fingerprint density at radius 1 is 1.50 bits per heavy atom. The second-order valence-corrected chi connectivity index (χ2v) is 5.02. The summed E-state index contributed by atoms with van der Waals surface area (Å²) < 4.78 is 0. The van der Waals surface area contributed by atoms with Crippen molar-refractivity contribution in [3.05, 3.63) is 16.1 Å². The Hall–Kier alpha value is -0.370. The van der Waals surface area contributed by atoms with Crippen molar-refractivity contribution in [3.8, 4) is 0 Å². The summed E-state index contributed by atoms with van der Waals surface area (Å²) in [6.07, 6.45) is 2.33. The predicted molar refractivity (Wildman–Crippen MR) is 54.6 cm³/mol. The lowest BCUT2D eigenvalue weighted by atomic mass is 9.87. The Morgan fingerprint density at radius 2 is 2.17 bits per heavy atom. The Bertz CT molecular complexity index is 250. The fraction of sp³-hybridized carbons (Fsp3) is 0.700. The maximum Gasteiger partial charge on any atom is 0.0933 e. The van der Waals surface area contributed by atoms with Gasteiger partial charge in [0.2, 0.25) is 0 Å². The lowest BCUT2D eigenvalue weighted by Gasteiger charge is -2.20. The normalized spacial score (nSPS) is 12.0. The molecule has 0 unspecified atom stereocenters. The maximum absolute atomic E-state index is 4.46. The fourth-order valence-electron chi connectivity index (χ4n) is 1.02. The van der Waals surface area contributed by atoms with Crippen molar-refractivity contribution in [3.63, 3.8) is 0 Å². The van der Waals surface area contributed by atoms with Crippen molar-refractivity contribution in [2.24, 2.45) is 5.41 Å². The molecular formula is C10H17NS. The molecule has 1 heterocycles. The molecule has 1 rings (SSSR count). The van der Waals surface area contributed by atoms with Crippen LogP contribution < -0.4 is 0 Å². The van der Waals surface area contributed by atoms with Gasteiger partial charge in [0.05, 0.1) is 5.01 Å². The van der Waals surface area contributed by atoms with Crippen LogP contribution in [0.3, 0.4) is 0 Å². The summed E-state index contributed by atoms with van der Waals surface area (Å²) >= 11 is 1.78. The molecule has 0 atom stereocenters. The number of rotatable bonds is 3. The first-order valence-corrected chi connectivity index (χ1v) is 5.32. The molecule has 0 spiro atoms. The van der Waals surface area contributed by atoms with E-state index in [1.807, 2.05) is 0 Å². The van der Waals surface area contributed by atoms with Gasteiger partial charge in [0.15, 0.2) is 0 Å². The first-order chi connectivity index (χ1) is 5.53. The molecule has 0 saturated heterocycles. The van der Waals surface area contributed by atoms with Crippen molar-refractivity contribution in [2.45, 2.75) is 40.5 Å². The molecule has 0 aromatic carbocycles. The van der Waals surface area contributed by atoms with Gasteiger partial charge in [0.25, 0.3) is 0 Å². The average Bonchev–Trinajstić information content (AvgIpc) is 2.35. The van der Waals surface area contributed by atoms with Gasteiger partial charge < -0.3 is 0 Å². The molecule has 0 saturated carbocycles. The van der Waals surface area contributed by atoms with Gasteiger partial charge in [-0.15, -0.1) is 11.3 Å². The number of hydrogen-bond donors (Lipinski definition) is 0. The lowest BCUT2D eigenvalue weighted by molar-refractivity contribution is 0.348. The largest absolute Gasteiger partial charge is 0.247 e. The van der Waals surface area contributed by atoms with Gasteiger partial charge in [-0.25, -0.2) is 4.98 Å². The standard InChI is InChI=1S/C10H17NS/c1-5-10(3,4)6-9-11-8(2)7-12-9/h7H,5-6H2,1-4H3. The zero-order chi connectivity index (χ0) is 9.19. The predicted octanol–water partition coefficient (Wildman–Crippen LogP) is 3.43. The van der Waals surface area contributed by atoms with Crippen molar-refractivity contribution < 1.29 is 0 Å². The van der Waals surface area contributed by atoms with Crippen molar-refractivity contribution in [1.82, 2.24) is 4.98 Å². The SMILES string of the molecule is CCC(C)(C)Cc1nc(C)cs1.